The zero-order chi connectivity index (χ0) is 21.4. The number of hydrogen-bond acceptors (Lipinski definition) is 4. The Morgan fingerprint density at radius 1 is 0.800 bits per heavy atom. The second kappa shape index (κ2) is 6.01. The molecule has 7 nitrogen and oxygen atoms in total. The summed E-state index contributed by atoms with van der Waals surface area (Å²) in [6.07, 6.45) is 0. The van der Waals surface area contributed by atoms with Gasteiger partial charge in [0.1, 0.15) is 4.90 Å². The van der Waals surface area contributed by atoms with Gasteiger partial charge < -0.3 is 9.97 Å². The highest BCUT2D eigenvalue weighted by Crippen LogP contribution is 2.25. The number of aryl methyl sites for hydroxylation is 2. The van der Waals surface area contributed by atoms with Gasteiger partial charge in [-0.15, -0.1) is 0 Å². The van der Waals surface area contributed by atoms with E-state index in [1.54, 1.807) is 24.3 Å². The van der Waals surface area contributed by atoms with Crippen LogP contribution in [0.4, 0.5) is 0 Å². The number of rotatable bonds is 1. The fourth-order valence-corrected chi connectivity index (χ4v) is 4.70. The van der Waals surface area contributed by atoms with Gasteiger partial charge in [0.25, 0.3) is 10.1 Å². The first-order valence-corrected chi connectivity index (χ1v) is 10.6. The Kier molecular flexibility index (Phi) is 3.71. The van der Waals surface area contributed by atoms with Crippen LogP contribution in [0.15, 0.2) is 56.9 Å². The third-order valence-corrected chi connectivity index (χ3v) is 6.58. The van der Waals surface area contributed by atoms with E-state index in [0.29, 0.717) is 27.3 Å². The number of pyridine rings is 2. The van der Waals surface area contributed by atoms with Gasteiger partial charge in [0.05, 0.1) is 27.5 Å². The first-order chi connectivity index (χ1) is 14.2. The number of H-pyrrole nitrogens is 2. The summed E-state index contributed by atoms with van der Waals surface area (Å²) in [7, 11) is -4.59. The summed E-state index contributed by atoms with van der Waals surface area (Å²) in [4.78, 5) is 32.1. The zero-order valence-corrected chi connectivity index (χ0v) is 16.8. The summed E-state index contributed by atoms with van der Waals surface area (Å²) < 4.78 is 33.1. The average molecular weight is 420 g/mol. The van der Waals surface area contributed by atoms with Crippen LogP contribution in [0, 0.1) is 13.8 Å². The molecule has 0 amide bonds. The van der Waals surface area contributed by atoms with Gasteiger partial charge in [0.15, 0.2) is 10.9 Å². The molecule has 3 N–H and O–H groups in total. The number of aromatic nitrogens is 2. The predicted octanol–water partition coefficient (Wildman–Crippen LogP) is 3.54. The molecule has 2 heterocycles. The number of hydrogen-bond donors (Lipinski definition) is 3. The van der Waals surface area contributed by atoms with E-state index in [1.165, 1.54) is 12.1 Å². The van der Waals surface area contributed by atoms with Gasteiger partial charge in [-0.1, -0.05) is 12.1 Å². The minimum atomic E-state index is -4.59. The smallest absolute Gasteiger partial charge is 0.295 e. The first-order valence-electron chi connectivity index (χ1n) is 9.19. The van der Waals surface area contributed by atoms with Crippen molar-refractivity contribution in [2.45, 2.75) is 18.7 Å². The van der Waals surface area contributed by atoms with Gasteiger partial charge in [0, 0.05) is 16.2 Å². The van der Waals surface area contributed by atoms with Gasteiger partial charge >= 0.3 is 0 Å². The van der Waals surface area contributed by atoms with Crippen LogP contribution in [0.5, 0.6) is 0 Å². The molecule has 0 aliphatic heterocycles. The summed E-state index contributed by atoms with van der Waals surface area (Å²) in [6, 6.07) is 11.0. The molecule has 150 valence electrons. The lowest BCUT2D eigenvalue weighted by atomic mass is 10.0. The maximum atomic E-state index is 13.2. The van der Waals surface area contributed by atoms with E-state index in [4.69, 9.17) is 0 Å². The Bertz CT molecular complexity index is 1780. The third-order valence-electron chi connectivity index (χ3n) is 5.69. The predicted molar refractivity (Wildman–Crippen MR) is 117 cm³/mol. The van der Waals surface area contributed by atoms with Gasteiger partial charge in [-0.2, -0.15) is 8.42 Å². The molecular weight excluding hydrogens is 404 g/mol. The van der Waals surface area contributed by atoms with Gasteiger partial charge in [-0.3, -0.25) is 14.1 Å². The zero-order valence-electron chi connectivity index (χ0n) is 16.0. The minimum Gasteiger partial charge on any atom is -0.354 e. The summed E-state index contributed by atoms with van der Waals surface area (Å²) >= 11 is 0. The van der Waals surface area contributed by atoms with Crippen molar-refractivity contribution in [2.75, 3.05) is 0 Å². The third kappa shape index (κ3) is 2.51. The van der Waals surface area contributed by atoms with E-state index >= 15 is 0 Å². The molecule has 0 saturated carbocycles. The second-order valence-electron chi connectivity index (χ2n) is 7.44. The molecule has 0 spiro atoms. The fourth-order valence-electron chi connectivity index (χ4n) is 3.99. The number of nitrogens with one attached hydrogen (secondary N) is 2. The maximum absolute atomic E-state index is 13.2. The average Bonchev–Trinajstić information content (AvgIpc) is 2.70. The fraction of sp³-hybridized carbons (Fsp3) is 0.0909. The molecule has 3 aromatic carbocycles. The summed E-state index contributed by atoms with van der Waals surface area (Å²) in [5.74, 6) is 0. The summed E-state index contributed by atoms with van der Waals surface area (Å²) in [6.45, 7) is 3.87. The number of benzene rings is 3. The molecule has 0 fully saturated rings. The molecule has 0 aliphatic rings. The maximum Gasteiger partial charge on any atom is 0.295 e. The molecule has 30 heavy (non-hydrogen) atoms. The van der Waals surface area contributed by atoms with Gasteiger partial charge in [-0.05, 0) is 55.3 Å². The SMILES string of the molecule is Cc1ccc2c(=O)c3cc4[nH]c5cccc(S(=O)(=O)O)c5c(=O)c4cc3[nH]c2c1C. The monoisotopic (exact) mass is 420 g/mol. The molecule has 0 saturated heterocycles. The molecule has 5 aromatic rings. The molecule has 0 aliphatic carbocycles. The Morgan fingerprint density at radius 2 is 1.47 bits per heavy atom. The van der Waals surface area contributed by atoms with Gasteiger partial charge in [0.2, 0.25) is 0 Å². The molecule has 0 unspecified atom stereocenters. The molecule has 0 atom stereocenters. The lowest BCUT2D eigenvalue weighted by molar-refractivity contribution is 0.484. The van der Waals surface area contributed by atoms with Crippen molar-refractivity contribution in [3.63, 3.8) is 0 Å². The van der Waals surface area contributed by atoms with Crippen LogP contribution >= 0.6 is 0 Å². The van der Waals surface area contributed by atoms with E-state index in [2.05, 4.69) is 9.97 Å². The van der Waals surface area contributed by atoms with Crippen LogP contribution in [-0.2, 0) is 10.1 Å². The molecule has 5 rings (SSSR count). The Hall–Kier alpha value is -3.49. The second-order valence-corrected chi connectivity index (χ2v) is 8.83. The Labute approximate surface area is 169 Å². The topological polar surface area (TPSA) is 120 Å². The molecule has 0 radical (unpaired) electrons. The van der Waals surface area contributed by atoms with Crippen molar-refractivity contribution < 1.29 is 13.0 Å². The van der Waals surface area contributed by atoms with Crippen LogP contribution in [-0.4, -0.2) is 22.9 Å². The minimum absolute atomic E-state index is 0.123. The Morgan fingerprint density at radius 3 is 2.17 bits per heavy atom. The van der Waals surface area contributed by atoms with Crippen LogP contribution in [0.3, 0.4) is 0 Å². The number of aromatic amines is 2. The first kappa shape index (κ1) is 18.5. The van der Waals surface area contributed by atoms with Crippen molar-refractivity contribution in [3.05, 3.63) is 74.0 Å². The van der Waals surface area contributed by atoms with Crippen LogP contribution in [0.1, 0.15) is 11.1 Å². The summed E-state index contributed by atoms with van der Waals surface area (Å²) in [5.41, 5.74) is 3.09. The highest BCUT2D eigenvalue weighted by atomic mass is 32.2. The van der Waals surface area contributed by atoms with Crippen LogP contribution < -0.4 is 10.9 Å². The molecule has 2 aromatic heterocycles. The van der Waals surface area contributed by atoms with E-state index in [1.807, 2.05) is 19.9 Å². The highest BCUT2D eigenvalue weighted by molar-refractivity contribution is 7.86. The van der Waals surface area contributed by atoms with E-state index in [9.17, 15) is 22.6 Å². The Balaban J connectivity index is 2.01. The summed E-state index contributed by atoms with van der Waals surface area (Å²) in [5, 5.41) is 1.06. The van der Waals surface area contributed by atoms with Crippen molar-refractivity contribution in [3.8, 4) is 0 Å². The van der Waals surface area contributed by atoms with E-state index in [0.717, 1.165) is 11.1 Å². The van der Waals surface area contributed by atoms with Gasteiger partial charge in [-0.25, -0.2) is 0 Å². The van der Waals surface area contributed by atoms with E-state index < -0.39 is 20.4 Å². The van der Waals surface area contributed by atoms with Crippen LogP contribution in [0.25, 0.3) is 43.6 Å². The standard InChI is InChI=1S/C22H16N2O5S/c1-10-6-7-12-20(11(10)2)24-17-9-14-16(8-13(17)21(12)25)23-15-4-3-5-18(30(27,28)29)19(15)22(14)26/h3-9H,1-2H3,(H,23,26)(H,24,25)(H,27,28,29). The van der Waals surface area contributed by atoms with Crippen molar-refractivity contribution in [1.82, 2.24) is 9.97 Å². The highest BCUT2D eigenvalue weighted by Gasteiger charge is 2.19. The normalized spacial score (nSPS) is 12.4. The van der Waals surface area contributed by atoms with Crippen molar-refractivity contribution in [2.24, 2.45) is 0 Å². The largest absolute Gasteiger partial charge is 0.354 e. The molecule has 0 bridgehead atoms. The lowest BCUT2D eigenvalue weighted by Gasteiger charge is -2.10. The lowest BCUT2D eigenvalue weighted by Crippen LogP contribution is -2.11. The van der Waals surface area contributed by atoms with Crippen molar-refractivity contribution >= 4 is 53.7 Å². The quantitative estimate of drug-likeness (QED) is 0.283. The van der Waals surface area contributed by atoms with Crippen molar-refractivity contribution in [1.29, 1.82) is 0 Å². The van der Waals surface area contributed by atoms with Crippen LogP contribution in [0.2, 0.25) is 0 Å². The molecule has 8 heteroatoms. The molecular formula is C22H16N2O5S. The number of fused-ring (bicyclic) bond motifs is 4. The van der Waals surface area contributed by atoms with E-state index in [-0.39, 0.29) is 21.7 Å².